The van der Waals surface area contributed by atoms with E-state index in [1.165, 1.54) is 10.4 Å². The van der Waals surface area contributed by atoms with Crippen LogP contribution in [0.3, 0.4) is 0 Å². The molecule has 2 unspecified atom stereocenters. The first-order valence-corrected chi connectivity index (χ1v) is 10.2. The average molecular weight is 404 g/mol. The predicted molar refractivity (Wildman–Crippen MR) is 102 cm³/mol. The number of hydrogen-bond acceptors (Lipinski definition) is 5. The molecule has 3 N–H and O–H groups in total. The number of rotatable bonds is 4. The summed E-state index contributed by atoms with van der Waals surface area (Å²) in [6.07, 6.45) is 3.41. The largest absolute Gasteiger partial charge is 0.379 e. The summed E-state index contributed by atoms with van der Waals surface area (Å²) >= 11 is 0. The van der Waals surface area contributed by atoms with Crippen LogP contribution in [0.15, 0.2) is 29.2 Å². The van der Waals surface area contributed by atoms with E-state index in [-0.39, 0.29) is 35.2 Å². The Kier molecular flexibility index (Phi) is 7.42. The van der Waals surface area contributed by atoms with Gasteiger partial charge in [0.25, 0.3) is 0 Å². The summed E-state index contributed by atoms with van der Waals surface area (Å²) in [6.45, 7) is 1.49. The number of halogens is 1. The minimum absolute atomic E-state index is 0. The third kappa shape index (κ3) is 4.95. The summed E-state index contributed by atoms with van der Waals surface area (Å²) in [5, 5.41) is 2.85. The fourth-order valence-electron chi connectivity index (χ4n) is 3.38. The van der Waals surface area contributed by atoms with E-state index in [1.807, 2.05) is 0 Å². The summed E-state index contributed by atoms with van der Waals surface area (Å²) in [5.74, 6) is -0.195. The number of nitrogens with two attached hydrogens (primary N) is 1. The summed E-state index contributed by atoms with van der Waals surface area (Å²) in [7, 11) is -3.57. The van der Waals surface area contributed by atoms with Crippen molar-refractivity contribution in [3.63, 3.8) is 0 Å². The van der Waals surface area contributed by atoms with Crippen molar-refractivity contribution in [2.45, 2.75) is 36.6 Å². The van der Waals surface area contributed by atoms with Crippen LogP contribution in [0.4, 0.5) is 5.69 Å². The molecule has 3 rings (SSSR count). The number of nitrogens with zero attached hydrogens (tertiary/aromatic N) is 1. The summed E-state index contributed by atoms with van der Waals surface area (Å²) in [4.78, 5) is 12.6. The maximum absolute atomic E-state index is 12.7. The summed E-state index contributed by atoms with van der Waals surface area (Å²) < 4.78 is 32.0. The second-order valence-electron chi connectivity index (χ2n) is 6.66. The van der Waals surface area contributed by atoms with Gasteiger partial charge in [0.1, 0.15) is 0 Å². The van der Waals surface area contributed by atoms with Gasteiger partial charge in [-0.15, -0.1) is 12.4 Å². The average Bonchev–Trinajstić information content (AvgIpc) is 2.62. The first kappa shape index (κ1) is 21.1. The number of hydrogen-bond donors (Lipinski definition) is 2. The lowest BCUT2D eigenvalue weighted by atomic mass is 9.85. The Labute approximate surface area is 160 Å². The molecule has 0 aromatic heterocycles. The second kappa shape index (κ2) is 9.14. The highest BCUT2D eigenvalue weighted by molar-refractivity contribution is 7.89. The van der Waals surface area contributed by atoms with Crippen molar-refractivity contribution in [3.05, 3.63) is 24.3 Å². The molecular formula is C17H26ClN3O4S. The molecule has 0 radical (unpaired) electrons. The van der Waals surface area contributed by atoms with E-state index in [9.17, 15) is 13.2 Å². The van der Waals surface area contributed by atoms with Crippen molar-refractivity contribution < 1.29 is 17.9 Å². The Bertz CT molecular complexity index is 722. The highest BCUT2D eigenvalue weighted by Crippen LogP contribution is 2.25. The molecule has 1 aromatic rings. The van der Waals surface area contributed by atoms with Crippen molar-refractivity contribution in [2.24, 2.45) is 11.7 Å². The summed E-state index contributed by atoms with van der Waals surface area (Å²) in [6, 6.07) is 6.49. The number of benzene rings is 1. The Morgan fingerprint density at radius 3 is 2.65 bits per heavy atom. The van der Waals surface area contributed by atoms with Gasteiger partial charge in [0.05, 0.1) is 18.1 Å². The zero-order valence-corrected chi connectivity index (χ0v) is 16.2. The van der Waals surface area contributed by atoms with E-state index in [1.54, 1.807) is 18.2 Å². The Morgan fingerprint density at radius 1 is 1.23 bits per heavy atom. The van der Waals surface area contributed by atoms with E-state index >= 15 is 0 Å². The van der Waals surface area contributed by atoms with Crippen LogP contribution >= 0.6 is 12.4 Å². The first-order chi connectivity index (χ1) is 12.0. The van der Waals surface area contributed by atoms with Gasteiger partial charge in [-0.05, 0) is 37.5 Å². The van der Waals surface area contributed by atoms with Crippen LogP contribution in [-0.2, 0) is 19.6 Å². The summed E-state index contributed by atoms with van der Waals surface area (Å²) in [5.41, 5.74) is 6.44. The Balaban J connectivity index is 0.00000243. The number of amides is 1. The van der Waals surface area contributed by atoms with Crippen molar-refractivity contribution in [1.29, 1.82) is 0 Å². The number of carbonyl (C=O) groups is 1. The van der Waals surface area contributed by atoms with Crippen molar-refractivity contribution in [3.8, 4) is 0 Å². The molecule has 7 nitrogen and oxygen atoms in total. The van der Waals surface area contributed by atoms with Gasteiger partial charge in [0, 0.05) is 30.7 Å². The molecule has 1 saturated carbocycles. The van der Waals surface area contributed by atoms with E-state index < -0.39 is 10.0 Å². The maximum Gasteiger partial charge on any atom is 0.243 e. The number of anilines is 1. The van der Waals surface area contributed by atoms with Crippen molar-refractivity contribution in [2.75, 3.05) is 31.6 Å². The molecule has 1 saturated heterocycles. The fourth-order valence-corrected chi connectivity index (χ4v) is 4.83. The maximum atomic E-state index is 12.7. The van der Waals surface area contributed by atoms with Gasteiger partial charge in [-0.1, -0.05) is 12.5 Å². The third-order valence-corrected chi connectivity index (χ3v) is 6.69. The Morgan fingerprint density at radius 2 is 1.96 bits per heavy atom. The zero-order valence-electron chi connectivity index (χ0n) is 14.6. The van der Waals surface area contributed by atoms with E-state index in [0.29, 0.717) is 38.4 Å². The number of nitrogens with one attached hydrogen (secondary N) is 1. The van der Waals surface area contributed by atoms with Crippen LogP contribution in [0, 0.1) is 5.92 Å². The minimum Gasteiger partial charge on any atom is -0.379 e. The highest BCUT2D eigenvalue weighted by Gasteiger charge is 2.28. The van der Waals surface area contributed by atoms with Crippen LogP contribution in [0.5, 0.6) is 0 Å². The monoisotopic (exact) mass is 403 g/mol. The quantitative estimate of drug-likeness (QED) is 0.794. The molecule has 2 fully saturated rings. The smallest absolute Gasteiger partial charge is 0.243 e. The van der Waals surface area contributed by atoms with E-state index in [0.717, 1.165) is 19.3 Å². The van der Waals surface area contributed by atoms with Crippen LogP contribution < -0.4 is 11.1 Å². The molecule has 1 aliphatic carbocycles. The predicted octanol–water partition coefficient (Wildman–Crippen LogP) is 1.59. The number of ether oxygens (including phenoxy) is 1. The minimum atomic E-state index is -3.57. The SMILES string of the molecule is Cl.NC1CCCC(C(=O)Nc2cccc(S(=O)(=O)N3CCOCC3)c2)C1. The van der Waals surface area contributed by atoms with E-state index in [4.69, 9.17) is 10.5 Å². The molecule has 146 valence electrons. The molecule has 26 heavy (non-hydrogen) atoms. The molecule has 1 aromatic carbocycles. The molecule has 0 spiro atoms. The van der Waals surface area contributed by atoms with Crippen LogP contribution in [-0.4, -0.2) is 51.0 Å². The first-order valence-electron chi connectivity index (χ1n) is 8.71. The van der Waals surface area contributed by atoms with Gasteiger partial charge in [-0.2, -0.15) is 4.31 Å². The second-order valence-corrected chi connectivity index (χ2v) is 8.60. The lowest BCUT2D eigenvalue weighted by Gasteiger charge is -2.27. The number of carbonyl (C=O) groups excluding carboxylic acids is 1. The molecule has 1 heterocycles. The van der Waals surface area contributed by atoms with Gasteiger partial charge in [0.15, 0.2) is 0 Å². The van der Waals surface area contributed by atoms with Crippen LogP contribution in [0.1, 0.15) is 25.7 Å². The van der Waals surface area contributed by atoms with Gasteiger partial charge in [0.2, 0.25) is 15.9 Å². The van der Waals surface area contributed by atoms with Crippen LogP contribution in [0.2, 0.25) is 0 Å². The normalized spacial score (nSPS) is 24.5. The standard InChI is InChI=1S/C17H25N3O4S.ClH/c18-14-4-1-3-13(11-14)17(21)19-15-5-2-6-16(12-15)25(22,23)20-7-9-24-10-8-20;/h2,5-6,12-14H,1,3-4,7-11,18H2,(H,19,21);1H. The number of sulfonamides is 1. The molecule has 2 aliphatic rings. The van der Waals surface area contributed by atoms with Gasteiger partial charge in [-0.25, -0.2) is 8.42 Å². The molecule has 1 aliphatic heterocycles. The molecule has 2 atom stereocenters. The third-order valence-electron chi connectivity index (χ3n) is 4.79. The van der Waals surface area contributed by atoms with Gasteiger partial charge in [-0.3, -0.25) is 4.79 Å². The van der Waals surface area contributed by atoms with Gasteiger partial charge >= 0.3 is 0 Å². The lowest BCUT2D eigenvalue weighted by Crippen LogP contribution is -2.40. The fraction of sp³-hybridized carbons (Fsp3) is 0.588. The zero-order chi connectivity index (χ0) is 17.9. The molecule has 0 bridgehead atoms. The lowest BCUT2D eigenvalue weighted by molar-refractivity contribution is -0.120. The van der Waals surface area contributed by atoms with E-state index in [2.05, 4.69) is 5.32 Å². The van der Waals surface area contributed by atoms with Crippen molar-refractivity contribution in [1.82, 2.24) is 4.31 Å². The highest BCUT2D eigenvalue weighted by atomic mass is 35.5. The molecule has 1 amide bonds. The van der Waals surface area contributed by atoms with Crippen LogP contribution in [0.25, 0.3) is 0 Å². The number of morpholine rings is 1. The Hall–Kier alpha value is -1.19. The van der Waals surface area contributed by atoms with Crippen molar-refractivity contribution >= 4 is 34.0 Å². The topological polar surface area (TPSA) is 102 Å². The molecular weight excluding hydrogens is 378 g/mol. The van der Waals surface area contributed by atoms with Gasteiger partial charge < -0.3 is 15.8 Å². The molecule has 9 heteroatoms.